The van der Waals surface area contributed by atoms with Crippen molar-refractivity contribution in [2.75, 3.05) is 31.5 Å². The molecule has 1 aliphatic heterocycles. The second-order valence-corrected chi connectivity index (χ2v) is 5.89. The number of carbonyl (C=O) groups is 1. The van der Waals surface area contributed by atoms with Crippen LogP contribution in [0.5, 0.6) is 0 Å². The molecule has 0 bridgehead atoms. The van der Waals surface area contributed by atoms with E-state index in [-0.39, 0.29) is 6.03 Å². The Labute approximate surface area is 125 Å². The molecule has 0 saturated carbocycles. The summed E-state index contributed by atoms with van der Waals surface area (Å²) < 4.78 is 0. The Kier molecular flexibility index (Phi) is 5.68. The van der Waals surface area contributed by atoms with Gasteiger partial charge in [0.15, 0.2) is 0 Å². The van der Waals surface area contributed by atoms with Crippen LogP contribution in [-0.2, 0) is 0 Å². The number of nitrogens with zero attached hydrogens (tertiary/aromatic N) is 1. The van der Waals surface area contributed by atoms with E-state index < -0.39 is 0 Å². The maximum Gasteiger partial charge on any atom is 0.319 e. The lowest BCUT2D eigenvalue weighted by Gasteiger charge is -2.20. The summed E-state index contributed by atoms with van der Waals surface area (Å²) >= 11 is 5.80. The summed E-state index contributed by atoms with van der Waals surface area (Å²) in [7, 11) is 0. The zero-order valence-electron chi connectivity index (χ0n) is 11.9. The Morgan fingerprint density at radius 3 is 2.60 bits per heavy atom. The van der Waals surface area contributed by atoms with E-state index >= 15 is 0 Å². The number of carbonyl (C=O) groups excluding carboxylic acids is 1. The van der Waals surface area contributed by atoms with Crippen LogP contribution in [0.1, 0.15) is 19.8 Å². The Morgan fingerprint density at radius 2 is 1.95 bits per heavy atom. The van der Waals surface area contributed by atoms with Crippen molar-refractivity contribution in [3.8, 4) is 0 Å². The number of hydrogen-bond acceptors (Lipinski definition) is 2. The summed E-state index contributed by atoms with van der Waals surface area (Å²) in [5.74, 6) is 0.462. The van der Waals surface area contributed by atoms with Gasteiger partial charge in [0.05, 0.1) is 0 Å². The Morgan fingerprint density at radius 1 is 1.30 bits per heavy atom. The van der Waals surface area contributed by atoms with E-state index in [1.165, 1.54) is 25.9 Å². The van der Waals surface area contributed by atoms with E-state index in [0.29, 0.717) is 17.5 Å². The molecule has 1 saturated heterocycles. The van der Waals surface area contributed by atoms with Crippen molar-refractivity contribution >= 4 is 23.3 Å². The van der Waals surface area contributed by atoms with Crippen LogP contribution in [0.15, 0.2) is 24.3 Å². The van der Waals surface area contributed by atoms with Crippen molar-refractivity contribution in [1.82, 2.24) is 10.2 Å². The number of rotatable bonds is 5. The molecule has 0 aromatic heterocycles. The van der Waals surface area contributed by atoms with Gasteiger partial charge in [0.1, 0.15) is 0 Å². The van der Waals surface area contributed by atoms with Crippen LogP contribution in [0.2, 0.25) is 5.02 Å². The first-order chi connectivity index (χ1) is 9.63. The van der Waals surface area contributed by atoms with Crippen LogP contribution in [0.4, 0.5) is 10.5 Å². The predicted molar refractivity (Wildman–Crippen MR) is 83.3 cm³/mol. The predicted octanol–water partition coefficient (Wildman–Crippen LogP) is 3.19. The van der Waals surface area contributed by atoms with Crippen LogP contribution in [0.3, 0.4) is 0 Å². The van der Waals surface area contributed by atoms with Gasteiger partial charge in [-0.05, 0) is 56.1 Å². The van der Waals surface area contributed by atoms with Gasteiger partial charge in [-0.15, -0.1) is 0 Å². The summed E-state index contributed by atoms with van der Waals surface area (Å²) in [6.07, 6.45) is 2.61. The van der Waals surface area contributed by atoms with Crippen LogP contribution >= 0.6 is 11.6 Å². The SMILES string of the molecule is CC(CNC(=O)Nc1ccc(Cl)cc1)CN1CCCC1. The first kappa shape index (κ1) is 15.1. The molecule has 0 radical (unpaired) electrons. The lowest BCUT2D eigenvalue weighted by molar-refractivity contribution is 0.245. The van der Waals surface area contributed by atoms with E-state index in [1.807, 2.05) is 0 Å². The molecule has 20 heavy (non-hydrogen) atoms. The minimum Gasteiger partial charge on any atom is -0.338 e. The minimum absolute atomic E-state index is 0.166. The third kappa shape index (κ3) is 5.02. The fourth-order valence-electron chi connectivity index (χ4n) is 2.45. The summed E-state index contributed by atoms with van der Waals surface area (Å²) in [6.45, 7) is 6.31. The van der Waals surface area contributed by atoms with Crippen LogP contribution in [0.25, 0.3) is 0 Å². The lowest BCUT2D eigenvalue weighted by atomic mass is 10.1. The highest BCUT2D eigenvalue weighted by Gasteiger charge is 2.15. The van der Waals surface area contributed by atoms with Crippen molar-refractivity contribution in [2.45, 2.75) is 19.8 Å². The summed E-state index contributed by atoms with van der Waals surface area (Å²) in [4.78, 5) is 14.2. The number of hydrogen-bond donors (Lipinski definition) is 2. The number of amides is 2. The van der Waals surface area contributed by atoms with Gasteiger partial charge in [0.25, 0.3) is 0 Å². The highest BCUT2D eigenvalue weighted by atomic mass is 35.5. The molecule has 1 aromatic carbocycles. The number of nitrogens with one attached hydrogen (secondary N) is 2. The number of urea groups is 1. The molecule has 1 atom stereocenters. The summed E-state index contributed by atoms with van der Waals surface area (Å²) in [5.41, 5.74) is 0.749. The molecule has 1 heterocycles. The van der Waals surface area contributed by atoms with Crippen LogP contribution in [-0.4, -0.2) is 37.1 Å². The third-order valence-corrected chi connectivity index (χ3v) is 3.73. The van der Waals surface area contributed by atoms with Gasteiger partial charge in [-0.1, -0.05) is 18.5 Å². The minimum atomic E-state index is -0.166. The van der Waals surface area contributed by atoms with E-state index in [4.69, 9.17) is 11.6 Å². The molecular formula is C15H22ClN3O. The first-order valence-electron chi connectivity index (χ1n) is 7.16. The van der Waals surface area contributed by atoms with Gasteiger partial charge in [0.2, 0.25) is 0 Å². The summed E-state index contributed by atoms with van der Waals surface area (Å²) in [6, 6.07) is 6.92. The molecule has 1 aliphatic rings. The van der Waals surface area contributed by atoms with Crippen molar-refractivity contribution in [3.63, 3.8) is 0 Å². The molecule has 2 rings (SSSR count). The normalized spacial score (nSPS) is 16.9. The third-order valence-electron chi connectivity index (χ3n) is 3.48. The van der Waals surface area contributed by atoms with E-state index in [0.717, 1.165) is 12.2 Å². The molecular weight excluding hydrogens is 274 g/mol. The second-order valence-electron chi connectivity index (χ2n) is 5.45. The number of halogens is 1. The van der Waals surface area contributed by atoms with Crippen LogP contribution in [0, 0.1) is 5.92 Å². The monoisotopic (exact) mass is 295 g/mol. The zero-order valence-corrected chi connectivity index (χ0v) is 12.6. The molecule has 1 fully saturated rings. The van der Waals surface area contributed by atoms with E-state index in [1.54, 1.807) is 24.3 Å². The smallest absolute Gasteiger partial charge is 0.319 e. The van der Waals surface area contributed by atoms with Crippen molar-refractivity contribution in [3.05, 3.63) is 29.3 Å². The van der Waals surface area contributed by atoms with Crippen LogP contribution < -0.4 is 10.6 Å². The number of benzene rings is 1. The molecule has 2 N–H and O–H groups in total. The van der Waals surface area contributed by atoms with Crippen molar-refractivity contribution < 1.29 is 4.79 Å². The largest absolute Gasteiger partial charge is 0.338 e. The van der Waals surface area contributed by atoms with Gasteiger partial charge >= 0.3 is 6.03 Å². The molecule has 110 valence electrons. The second kappa shape index (κ2) is 7.50. The lowest BCUT2D eigenvalue weighted by Crippen LogP contribution is -2.36. The zero-order chi connectivity index (χ0) is 14.4. The Balaban J connectivity index is 1.67. The van der Waals surface area contributed by atoms with Gasteiger partial charge in [0, 0.05) is 23.8 Å². The average Bonchev–Trinajstić information content (AvgIpc) is 2.92. The fraction of sp³-hybridized carbons (Fsp3) is 0.533. The summed E-state index contributed by atoms with van der Waals surface area (Å²) in [5, 5.41) is 6.37. The molecule has 2 amide bonds. The molecule has 5 heteroatoms. The van der Waals surface area contributed by atoms with Crippen molar-refractivity contribution in [2.24, 2.45) is 5.92 Å². The number of likely N-dealkylation sites (tertiary alicyclic amines) is 1. The first-order valence-corrected chi connectivity index (χ1v) is 7.54. The van der Waals surface area contributed by atoms with Gasteiger partial charge in [-0.3, -0.25) is 0 Å². The highest BCUT2D eigenvalue weighted by Crippen LogP contribution is 2.13. The maximum atomic E-state index is 11.8. The molecule has 4 nitrogen and oxygen atoms in total. The van der Waals surface area contributed by atoms with Gasteiger partial charge in [-0.25, -0.2) is 4.79 Å². The average molecular weight is 296 g/mol. The molecule has 0 spiro atoms. The van der Waals surface area contributed by atoms with Crippen molar-refractivity contribution in [1.29, 1.82) is 0 Å². The standard InChI is InChI=1S/C15H22ClN3O/c1-12(11-19-8-2-3-9-19)10-17-15(20)18-14-6-4-13(16)5-7-14/h4-7,12H,2-3,8-11H2,1H3,(H2,17,18,20). The molecule has 1 aromatic rings. The quantitative estimate of drug-likeness (QED) is 0.876. The Bertz CT molecular complexity index is 429. The number of anilines is 1. The van der Waals surface area contributed by atoms with Gasteiger partial charge in [-0.2, -0.15) is 0 Å². The molecule has 1 unspecified atom stereocenters. The van der Waals surface area contributed by atoms with Gasteiger partial charge < -0.3 is 15.5 Å². The molecule has 0 aliphatic carbocycles. The topological polar surface area (TPSA) is 44.4 Å². The maximum absolute atomic E-state index is 11.8. The van der Waals surface area contributed by atoms with E-state index in [9.17, 15) is 4.79 Å². The fourth-order valence-corrected chi connectivity index (χ4v) is 2.57. The highest BCUT2D eigenvalue weighted by molar-refractivity contribution is 6.30. The van der Waals surface area contributed by atoms with E-state index in [2.05, 4.69) is 22.5 Å². The Hall–Kier alpha value is -1.26.